The van der Waals surface area contributed by atoms with E-state index >= 15 is 0 Å². The third-order valence-electron chi connectivity index (χ3n) is 3.49. The fourth-order valence-electron chi connectivity index (χ4n) is 2.24. The van der Waals surface area contributed by atoms with Gasteiger partial charge in [-0.05, 0) is 41.0 Å². The van der Waals surface area contributed by atoms with Crippen LogP contribution in [0.1, 0.15) is 11.1 Å². The van der Waals surface area contributed by atoms with Crippen LogP contribution in [0.5, 0.6) is 5.75 Å². The Morgan fingerprint density at radius 2 is 1.32 bits per heavy atom. The highest BCUT2D eigenvalue weighted by atomic mass is 16.5. The molecule has 3 aromatic carbocycles. The molecule has 0 heterocycles. The SMILES string of the molecule is C#Cc1ccc(-c2ccc(OCc3ccccc3)cc2)cc1. The van der Waals surface area contributed by atoms with Gasteiger partial charge in [-0.3, -0.25) is 0 Å². The second-order valence-corrected chi connectivity index (χ2v) is 5.02. The van der Waals surface area contributed by atoms with E-state index < -0.39 is 0 Å². The second-order valence-electron chi connectivity index (χ2n) is 5.02. The largest absolute Gasteiger partial charge is 0.489 e. The summed E-state index contributed by atoms with van der Waals surface area (Å²) < 4.78 is 5.79. The molecular weight excluding hydrogens is 268 g/mol. The van der Waals surface area contributed by atoms with Crippen molar-refractivity contribution < 1.29 is 4.74 Å². The molecule has 1 nitrogen and oxygen atoms in total. The lowest BCUT2D eigenvalue weighted by molar-refractivity contribution is 0.306. The van der Waals surface area contributed by atoms with Crippen LogP contribution in [0.25, 0.3) is 11.1 Å². The van der Waals surface area contributed by atoms with Crippen LogP contribution in [0.15, 0.2) is 78.9 Å². The summed E-state index contributed by atoms with van der Waals surface area (Å²) in [5.41, 5.74) is 4.35. The Hall–Kier alpha value is -2.98. The van der Waals surface area contributed by atoms with Crippen LogP contribution >= 0.6 is 0 Å². The Morgan fingerprint density at radius 3 is 1.91 bits per heavy atom. The molecule has 0 unspecified atom stereocenters. The number of ether oxygens (including phenoxy) is 1. The topological polar surface area (TPSA) is 9.23 Å². The van der Waals surface area contributed by atoms with E-state index in [0.717, 1.165) is 28.0 Å². The van der Waals surface area contributed by atoms with E-state index in [4.69, 9.17) is 11.2 Å². The normalized spacial score (nSPS) is 9.95. The molecular formula is C21H16O. The highest BCUT2D eigenvalue weighted by molar-refractivity contribution is 5.65. The number of benzene rings is 3. The van der Waals surface area contributed by atoms with E-state index in [1.54, 1.807) is 0 Å². The zero-order valence-electron chi connectivity index (χ0n) is 12.2. The van der Waals surface area contributed by atoms with Gasteiger partial charge in [-0.25, -0.2) is 0 Å². The summed E-state index contributed by atoms with van der Waals surface area (Å²) >= 11 is 0. The molecule has 0 saturated heterocycles. The van der Waals surface area contributed by atoms with Crippen molar-refractivity contribution in [3.63, 3.8) is 0 Å². The van der Waals surface area contributed by atoms with Crippen molar-refractivity contribution in [3.05, 3.63) is 90.0 Å². The van der Waals surface area contributed by atoms with Gasteiger partial charge in [0.05, 0.1) is 0 Å². The molecule has 0 atom stereocenters. The highest BCUT2D eigenvalue weighted by Gasteiger charge is 1.99. The van der Waals surface area contributed by atoms with E-state index in [9.17, 15) is 0 Å². The monoisotopic (exact) mass is 284 g/mol. The minimum absolute atomic E-state index is 0.580. The van der Waals surface area contributed by atoms with Crippen molar-refractivity contribution in [3.8, 4) is 29.2 Å². The fourth-order valence-corrected chi connectivity index (χ4v) is 2.24. The molecule has 1 heteroatoms. The Kier molecular flexibility index (Phi) is 4.22. The summed E-state index contributed by atoms with van der Waals surface area (Å²) in [6.45, 7) is 0.580. The zero-order chi connectivity index (χ0) is 15.2. The van der Waals surface area contributed by atoms with Crippen LogP contribution in [0.2, 0.25) is 0 Å². The van der Waals surface area contributed by atoms with Crippen molar-refractivity contribution >= 4 is 0 Å². The first-order chi connectivity index (χ1) is 10.8. The Morgan fingerprint density at radius 1 is 0.727 bits per heavy atom. The molecule has 0 N–H and O–H groups in total. The maximum Gasteiger partial charge on any atom is 0.119 e. The molecule has 22 heavy (non-hydrogen) atoms. The third kappa shape index (κ3) is 3.37. The van der Waals surface area contributed by atoms with Gasteiger partial charge < -0.3 is 4.74 Å². The molecule has 0 aliphatic heterocycles. The van der Waals surface area contributed by atoms with Crippen molar-refractivity contribution in [2.24, 2.45) is 0 Å². The highest BCUT2D eigenvalue weighted by Crippen LogP contribution is 2.23. The molecule has 106 valence electrons. The van der Waals surface area contributed by atoms with Crippen molar-refractivity contribution in [1.82, 2.24) is 0 Å². The van der Waals surface area contributed by atoms with E-state index in [1.165, 1.54) is 0 Å². The molecule has 0 spiro atoms. The minimum atomic E-state index is 0.580. The summed E-state index contributed by atoms with van der Waals surface area (Å²) in [4.78, 5) is 0. The average Bonchev–Trinajstić information content (AvgIpc) is 2.61. The Bertz CT molecular complexity index is 763. The number of terminal acetylenes is 1. The molecule has 0 amide bonds. The fraction of sp³-hybridized carbons (Fsp3) is 0.0476. The first-order valence-electron chi connectivity index (χ1n) is 7.19. The second kappa shape index (κ2) is 6.65. The standard InChI is InChI=1S/C21H16O/c1-2-17-8-10-19(11-9-17)20-12-14-21(15-13-20)22-16-18-6-4-3-5-7-18/h1,3-15H,16H2. The predicted octanol–water partition coefficient (Wildman–Crippen LogP) is 4.91. The van der Waals surface area contributed by atoms with Gasteiger partial charge in [-0.2, -0.15) is 0 Å². The van der Waals surface area contributed by atoms with Gasteiger partial charge in [0.2, 0.25) is 0 Å². The maximum absolute atomic E-state index is 5.79. The molecule has 0 saturated carbocycles. The lowest BCUT2D eigenvalue weighted by Gasteiger charge is -2.07. The van der Waals surface area contributed by atoms with Crippen molar-refractivity contribution in [2.75, 3.05) is 0 Å². The minimum Gasteiger partial charge on any atom is -0.489 e. The van der Waals surface area contributed by atoms with Crippen LogP contribution in [0, 0.1) is 12.3 Å². The molecule has 0 radical (unpaired) electrons. The van der Waals surface area contributed by atoms with E-state index in [0.29, 0.717) is 6.61 Å². The molecule has 0 bridgehead atoms. The maximum atomic E-state index is 5.79. The van der Waals surface area contributed by atoms with Gasteiger partial charge in [-0.1, -0.05) is 60.5 Å². The lowest BCUT2D eigenvalue weighted by Crippen LogP contribution is -1.94. The smallest absolute Gasteiger partial charge is 0.119 e. The lowest BCUT2D eigenvalue weighted by atomic mass is 10.0. The van der Waals surface area contributed by atoms with Crippen LogP contribution in [-0.2, 0) is 6.61 Å². The molecule has 3 aromatic rings. The molecule has 0 aromatic heterocycles. The van der Waals surface area contributed by atoms with Crippen LogP contribution in [-0.4, -0.2) is 0 Å². The average molecular weight is 284 g/mol. The summed E-state index contributed by atoms with van der Waals surface area (Å²) in [6.07, 6.45) is 5.37. The predicted molar refractivity (Wildman–Crippen MR) is 90.6 cm³/mol. The van der Waals surface area contributed by atoms with Gasteiger partial charge in [-0.15, -0.1) is 6.42 Å². The van der Waals surface area contributed by atoms with Gasteiger partial charge in [0.1, 0.15) is 12.4 Å². The van der Waals surface area contributed by atoms with Crippen molar-refractivity contribution in [1.29, 1.82) is 0 Å². The molecule has 0 aliphatic carbocycles. The summed E-state index contributed by atoms with van der Waals surface area (Å²) in [5.74, 6) is 3.50. The summed E-state index contributed by atoms with van der Waals surface area (Å²) in [6, 6.07) is 26.2. The van der Waals surface area contributed by atoms with Gasteiger partial charge in [0.15, 0.2) is 0 Å². The van der Waals surface area contributed by atoms with E-state index in [2.05, 4.69) is 30.2 Å². The first kappa shape index (κ1) is 14.0. The van der Waals surface area contributed by atoms with E-state index in [-0.39, 0.29) is 0 Å². The summed E-state index contributed by atoms with van der Waals surface area (Å²) in [5, 5.41) is 0. The Balaban J connectivity index is 1.68. The molecule has 0 aliphatic rings. The zero-order valence-corrected chi connectivity index (χ0v) is 12.2. The van der Waals surface area contributed by atoms with Crippen LogP contribution in [0.3, 0.4) is 0 Å². The number of hydrogen-bond donors (Lipinski definition) is 0. The quantitative estimate of drug-likeness (QED) is 0.618. The third-order valence-corrected chi connectivity index (χ3v) is 3.49. The van der Waals surface area contributed by atoms with Crippen molar-refractivity contribution in [2.45, 2.75) is 6.61 Å². The molecule has 3 rings (SSSR count). The summed E-state index contributed by atoms with van der Waals surface area (Å²) in [7, 11) is 0. The van der Waals surface area contributed by atoms with E-state index in [1.807, 2.05) is 54.6 Å². The van der Waals surface area contributed by atoms with Gasteiger partial charge in [0, 0.05) is 5.56 Å². The van der Waals surface area contributed by atoms with Crippen LogP contribution < -0.4 is 4.74 Å². The van der Waals surface area contributed by atoms with Gasteiger partial charge in [0.25, 0.3) is 0 Å². The number of hydrogen-bond acceptors (Lipinski definition) is 1. The first-order valence-corrected chi connectivity index (χ1v) is 7.19. The Labute approximate surface area is 131 Å². The van der Waals surface area contributed by atoms with Crippen LogP contribution in [0.4, 0.5) is 0 Å². The number of rotatable bonds is 4. The van der Waals surface area contributed by atoms with Gasteiger partial charge >= 0.3 is 0 Å². The molecule has 0 fully saturated rings.